The number of ether oxygens (including phenoxy) is 1. The normalized spacial score (nSPS) is 14.3. The van der Waals surface area contributed by atoms with E-state index in [2.05, 4.69) is 41.0 Å². The van der Waals surface area contributed by atoms with Crippen LogP contribution in [0.5, 0.6) is 5.75 Å². The lowest BCUT2D eigenvalue weighted by atomic mass is 9.89. The predicted molar refractivity (Wildman–Crippen MR) is 176 cm³/mol. The van der Waals surface area contributed by atoms with E-state index in [1.165, 1.54) is 24.3 Å². The highest BCUT2D eigenvalue weighted by Gasteiger charge is 2.24. The number of halogens is 2. The molecule has 0 atom stereocenters. The van der Waals surface area contributed by atoms with Crippen molar-refractivity contribution < 1.29 is 23.1 Å². The topological polar surface area (TPSA) is 88.5 Å². The van der Waals surface area contributed by atoms with Gasteiger partial charge in [0.1, 0.15) is 11.6 Å². The number of carbonyl (C=O) groups excluding carboxylic acids is 2. The molecule has 1 fully saturated rings. The summed E-state index contributed by atoms with van der Waals surface area (Å²) in [5.41, 5.74) is 4.96. The third-order valence-corrected chi connectivity index (χ3v) is 8.25. The molecule has 4 aromatic rings. The van der Waals surface area contributed by atoms with Gasteiger partial charge in [0.25, 0.3) is 0 Å². The molecule has 2 heterocycles. The van der Waals surface area contributed by atoms with Gasteiger partial charge in [-0.05, 0) is 93.2 Å². The van der Waals surface area contributed by atoms with E-state index < -0.39 is 6.61 Å². The maximum absolute atomic E-state index is 13.3. The van der Waals surface area contributed by atoms with Crippen molar-refractivity contribution in [1.82, 2.24) is 14.7 Å². The van der Waals surface area contributed by atoms with Crippen molar-refractivity contribution in [3.05, 3.63) is 101 Å². The monoisotopic (exact) mass is 629 g/mol. The molecule has 8 nitrogen and oxygen atoms in total. The number of carbonyl (C=O) groups is 2. The second-order valence-corrected chi connectivity index (χ2v) is 12.9. The lowest BCUT2D eigenvalue weighted by molar-refractivity contribution is -0.0498. The number of nitrogens with zero attached hydrogens (tertiary/aromatic N) is 3. The minimum absolute atomic E-state index is 0.0307. The summed E-state index contributed by atoms with van der Waals surface area (Å²) in [5, 5.41) is 10.9. The summed E-state index contributed by atoms with van der Waals surface area (Å²) in [5.74, 6) is 0.965. The first-order valence-electron chi connectivity index (χ1n) is 15.6. The van der Waals surface area contributed by atoms with Gasteiger partial charge in [-0.15, -0.1) is 0 Å². The van der Waals surface area contributed by atoms with Crippen molar-refractivity contribution >= 4 is 23.3 Å². The van der Waals surface area contributed by atoms with Gasteiger partial charge in [-0.2, -0.15) is 13.9 Å². The number of hydrogen-bond donors (Lipinski definition) is 2. The van der Waals surface area contributed by atoms with Gasteiger partial charge >= 0.3 is 12.6 Å². The number of anilines is 2. The number of aryl methyl sites for hydroxylation is 1. The van der Waals surface area contributed by atoms with Crippen LogP contribution in [-0.2, 0) is 11.8 Å². The molecule has 0 spiro atoms. The summed E-state index contributed by atoms with van der Waals surface area (Å²) in [4.78, 5) is 28.2. The fourth-order valence-electron chi connectivity index (χ4n) is 5.59. The molecule has 46 heavy (non-hydrogen) atoms. The fraction of sp³-hybridized carbons (Fsp3) is 0.361. The molecule has 0 radical (unpaired) electrons. The molecule has 1 saturated heterocycles. The Hall–Kier alpha value is -4.57. The molecule has 1 aliphatic rings. The number of amides is 2. The molecule has 1 aromatic heterocycles. The van der Waals surface area contributed by atoms with Crippen molar-refractivity contribution in [3.63, 3.8) is 0 Å². The van der Waals surface area contributed by atoms with Crippen molar-refractivity contribution in [2.75, 3.05) is 30.3 Å². The summed E-state index contributed by atoms with van der Waals surface area (Å²) < 4.78 is 30.9. The molecule has 2 amide bonds. The highest BCUT2D eigenvalue weighted by molar-refractivity contribution is 6.00. The Balaban J connectivity index is 1.18. The van der Waals surface area contributed by atoms with Gasteiger partial charge in [0.2, 0.25) is 0 Å². The van der Waals surface area contributed by atoms with Crippen molar-refractivity contribution in [2.24, 2.45) is 5.92 Å². The first kappa shape index (κ1) is 32.8. The Morgan fingerprint density at radius 1 is 0.957 bits per heavy atom. The number of urea groups is 1. The second-order valence-electron chi connectivity index (χ2n) is 12.9. The Bertz CT molecular complexity index is 1640. The first-order chi connectivity index (χ1) is 21.9. The van der Waals surface area contributed by atoms with E-state index in [4.69, 9.17) is 5.10 Å². The summed E-state index contributed by atoms with van der Waals surface area (Å²) in [6.45, 7) is 7.23. The summed E-state index contributed by atoms with van der Waals surface area (Å²) in [6, 6.07) is 23.2. The van der Waals surface area contributed by atoms with Crippen LogP contribution >= 0.6 is 0 Å². The molecule has 0 unspecified atom stereocenters. The second kappa shape index (κ2) is 14.2. The number of hydrogen-bond acceptors (Lipinski definition) is 5. The molecule has 3 aromatic carbocycles. The van der Waals surface area contributed by atoms with E-state index in [9.17, 15) is 18.4 Å². The molecular formula is C36H41F2N5O3. The van der Waals surface area contributed by atoms with E-state index in [1.54, 1.807) is 4.68 Å². The molecular weight excluding hydrogens is 588 g/mol. The number of piperidine rings is 1. The van der Waals surface area contributed by atoms with Crippen molar-refractivity contribution in [2.45, 2.75) is 59.0 Å². The maximum Gasteiger partial charge on any atom is 0.387 e. The number of benzene rings is 3. The number of aromatic nitrogens is 2. The number of Topliss-reactive ketones (excluding diaryl/α,β-unsaturated/α-hetero) is 1. The minimum atomic E-state index is -2.90. The zero-order valence-corrected chi connectivity index (χ0v) is 26.7. The lowest BCUT2D eigenvalue weighted by Gasteiger charge is -2.31. The molecule has 0 aliphatic carbocycles. The highest BCUT2D eigenvalue weighted by atomic mass is 19.3. The number of nitrogens with one attached hydrogen (secondary N) is 2. The Morgan fingerprint density at radius 3 is 2.28 bits per heavy atom. The Kier molecular flexibility index (Phi) is 10.2. The van der Waals surface area contributed by atoms with E-state index in [0.29, 0.717) is 17.3 Å². The van der Waals surface area contributed by atoms with Gasteiger partial charge in [-0.25, -0.2) is 9.48 Å². The van der Waals surface area contributed by atoms with E-state index >= 15 is 0 Å². The van der Waals surface area contributed by atoms with Gasteiger partial charge in [0.05, 0.1) is 17.9 Å². The minimum Gasteiger partial charge on any atom is -0.435 e. The van der Waals surface area contributed by atoms with Crippen LogP contribution in [-0.4, -0.2) is 52.7 Å². The van der Waals surface area contributed by atoms with Gasteiger partial charge in [0.15, 0.2) is 5.78 Å². The molecule has 5 rings (SSSR count). The van der Waals surface area contributed by atoms with Crippen molar-refractivity contribution in [1.29, 1.82) is 0 Å². The van der Waals surface area contributed by atoms with Crippen LogP contribution in [0.3, 0.4) is 0 Å². The zero-order valence-electron chi connectivity index (χ0n) is 26.7. The van der Waals surface area contributed by atoms with Crippen LogP contribution < -0.4 is 15.4 Å². The third-order valence-electron chi connectivity index (χ3n) is 8.25. The van der Waals surface area contributed by atoms with Crippen LogP contribution in [0.4, 0.5) is 25.1 Å². The fourth-order valence-corrected chi connectivity index (χ4v) is 5.59. The highest BCUT2D eigenvalue weighted by Crippen LogP contribution is 2.28. The average Bonchev–Trinajstić information content (AvgIpc) is 3.44. The number of para-hydroxylation sites is 1. The van der Waals surface area contributed by atoms with Gasteiger partial charge in [-0.3, -0.25) is 15.0 Å². The smallest absolute Gasteiger partial charge is 0.387 e. The molecule has 242 valence electrons. The first-order valence-corrected chi connectivity index (χ1v) is 15.6. The third kappa shape index (κ3) is 8.57. The zero-order chi connectivity index (χ0) is 32.8. The summed E-state index contributed by atoms with van der Waals surface area (Å²) in [7, 11) is 0. The van der Waals surface area contributed by atoms with Crippen LogP contribution in [0.25, 0.3) is 5.69 Å². The number of ketones is 1. The van der Waals surface area contributed by atoms with Crippen LogP contribution in [0.15, 0.2) is 78.9 Å². The predicted octanol–water partition coefficient (Wildman–Crippen LogP) is 7.86. The maximum atomic E-state index is 13.3. The standard InChI is InChI=1S/C36H41F2N5O3/c1-24-9-13-28(14-10-24)43-33(22-32(41-43)36(2,3)4)40-35(45)39-30-8-6-5-7-27(30)21-25-17-19-42(20-18-25)23-31(44)26-11-15-29(16-12-26)46-34(37)38/h5-16,22,25,34H,17-21,23H2,1-4H3,(H2,39,40,45). The number of alkyl halides is 2. The van der Waals surface area contributed by atoms with E-state index in [-0.39, 0.29) is 29.5 Å². The van der Waals surface area contributed by atoms with Crippen LogP contribution in [0.2, 0.25) is 0 Å². The summed E-state index contributed by atoms with van der Waals surface area (Å²) in [6.07, 6.45) is 2.64. The largest absolute Gasteiger partial charge is 0.435 e. The van der Waals surface area contributed by atoms with Gasteiger partial charge in [-0.1, -0.05) is 56.7 Å². The number of rotatable bonds is 10. The Morgan fingerprint density at radius 2 is 1.63 bits per heavy atom. The van der Waals surface area contributed by atoms with Gasteiger partial charge in [0, 0.05) is 22.7 Å². The lowest BCUT2D eigenvalue weighted by Crippen LogP contribution is -2.37. The molecule has 0 bridgehead atoms. The van der Waals surface area contributed by atoms with Gasteiger partial charge < -0.3 is 10.1 Å². The molecule has 0 saturated carbocycles. The average molecular weight is 630 g/mol. The van der Waals surface area contributed by atoms with Crippen molar-refractivity contribution in [3.8, 4) is 11.4 Å². The molecule has 1 aliphatic heterocycles. The summed E-state index contributed by atoms with van der Waals surface area (Å²) >= 11 is 0. The Labute approximate surface area is 268 Å². The SMILES string of the molecule is Cc1ccc(-n2nc(C(C)(C)C)cc2NC(=O)Nc2ccccc2CC2CCN(CC(=O)c3ccc(OC(F)F)cc3)CC2)cc1. The quantitative estimate of drug-likeness (QED) is 0.174. The molecule has 10 heteroatoms. The van der Waals surface area contributed by atoms with Crippen LogP contribution in [0.1, 0.15) is 60.8 Å². The number of likely N-dealkylation sites (tertiary alicyclic amines) is 1. The van der Waals surface area contributed by atoms with Crippen LogP contribution in [0, 0.1) is 12.8 Å². The van der Waals surface area contributed by atoms with E-state index in [1.807, 2.05) is 61.5 Å². The van der Waals surface area contributed by atoms with E-state index in [0.717, 1.165) is 60.5 Å². The molecule has 2 N–H and O–H groups in total.